The van der Waals surface area contributed by atoms with E-state index < -0.39 is 0 Å². The van der Waals surface area contributed by atoms with E-state index >= 15 is 0 Å². The molecule has 0 radical (unpaired) electrons. The average molecular weight is 247 g/mol. The van der Waals surface area contributed by atoms with E-state index in [1.807, 2.05) is 6.92 Å². The molecule has 0 aliphatic heterocycles. The molecule has 1 aromatic heterocycles. The maximum absolute atomic E-state index is 13.3. The van der Waals surface area contributed by atoms with Crippen molar-refractivity contribution in [3.8, 4) is 5.75 Å². The summed E-state index contributed by atoms with van der Waals surface area (Å²) < 4.78 is 18.3. The van der Waals surface area contributed by atoms with Crippen molar-refractivity contribution in [2.45, 2.75) is 6.92 Å². The molecule has 0 unspecified atom stereocenters. The van der Waals surface area contributed by atoms with Crippen LogP contribution in [-0.4, -0.2) is 12.1 Å². The minimum atomic E-state index is -0.387. The highest BCUT2D eigenvalue weighted by atomic mass is 19.1. The molecule has 5 heteroatoms. The summed E-state index contributed by atoms with van der Waals surface area (Å²) in [5, 5.41) is 2.96. The van der Waals surface area contributed by atoms with E-state index in [0.717, 1.165) is 5.56 Å². The van der Waals surface area contributed by atoms with Crippen LogP contribution in [0.15, 0.2) is 30.5 Å². The van der Waals surface area contributed by atoms with Gasteiger partial charge in [0.2, 0.25) is 0 Å². The largest absolute Gasteiger partial charge is 0.497 e. The van der Waals surface area contributed by atoms with Gasteiger partial charge in [0, 0.05) is 24.0 Å². The number of methoxy groups -OCH3 is 1. The number of nitrogens with two attached hydrogens (primary N) is 1. The van der Waals surface area contributed by atoms with Crippen molar-refractivity contribution in [1.29, 1.82) is 0 Å². The fourth-order valence-corrected chi connectivity index (χ4v) is 1.59. The summed E-state index contributed by atoms with van der Waals surface area (Å²) in [5.74, 6) is 0.541. The van der Waals surface area contributed by atoms with Crippen molar-refractivity contribution in [3.05, 3.63) is 41.8 Å². The highest BCUT2D eigenvalue weighted by Crippen LogP contribution is 2.25. The number of aryl methyl sites for hydroxylation is 1. The molecule has 0 amide bonds. The summed E-state index contributed by atoms with van der Waals surface area (Å²) in [5.41, 5.74) is 7.84. The number of anilines is 3. The Morgan fingerprint density at radius 2 is 2.06 bits per heavy atom. The van der Waals surface area contributed by atoms with Gasteiger partial charge >= 0.3 is 0 Å². The predicted molar refractivity (Wildman–Crippen MR) is 69.6 cm³/mol. The Hall–Kier alpha value is -2.30. The summed E-state index contributed by atoms with van der Waals surface area (Å²) >= 11 is 0. The summed E-state index contributed by atoms with van der Waals surface area (Å²) in [7, 11) is 1.48. The molecule has 18 heavy (non-hydrogen) atoms. The third-order valence-electron chi connectivity index (χ3n) is 2.42. The van der Waals surface area contributed by atoms with Gasteiger partial charge in [-0.15, -0.1) is 0 Å². The number of benzene rings is 1. The Kier molecular flexibility index (Phi) is 3.32. The van der Waals surface area contributed by atoms with Crippen molar-refractivity contribution in [2.24, 2.45) is 0 Å². The van der Waals surface area contributed by atoms with Crippen LogP contribution in [0.1, 0.15) is 5.56 Å². The highest BCUT2D eigenvalue weighted by Gasteiger charge is 2.05. The number of hydrogen-bond acceptors (Lipinski definition) is 4. The lowest BCUT2D eigenvalue weighted by Crippen LogP contribution is -2.00. The fourth-order valence-electron chi connectivity index (χ4n) is 1.59. The molecule has 2 aromatic rings. The Balaban J connectivity index is 2.30. The molecule has 2 rings (SSSR count). The van der Waals surface area contributed by atoms with Crippen LogP contribution < -0.4 is 15.8 Å². The third-order valence-corrected chi connectivity index (χ3v) is 2.42. The van der Waals surface area contributed by atoms with E-state index in [2.05, 4.69) is 10.3 Å². The van der Waals surface area contributed by atoms with Gasteiger partial charge in [0.05, 0.1) is 12.8 Å². The number of nitrogens with zero attached hydrogens (tertiary/aromatic N) is 1. The maximum atomic E-state index is 13.3. The lowest BCUT2D eigenvalue weighted by Gasteiger charge is -2.10. The van der Waals surface area contributed by atoms with Gasteiger partial charge in [0.25, 0.3) is 0 Å². The Bertz CT molecular complexity index is 572. The third kappa shape index (κ3) is 2.68. The Morgan fingerprint density at radius 1 is 1.28 bits per heavy atom. The molecule has 0 saturated carbocycles. The Morgan fingerprint density at radius 3 is 2.72 bits per heavy atom. The van der Waals surface area contributed by atoms with Crippen molar-refractivity contribution in [1.82, 2.24) is 4.98 Å². The van der Waals surface area contributed by atoms with E-state index in [4.69, 9.17) is 10.5 Å². The number of rotatable bonds is 3. The standard InChI is InChI=1S/C13H14FN3O/c1-8-3-12(15)13(16-7-8)17-10-4-9(14)5-11(6-10)18-2/h3-7H,15H2,1-2H3,(H,16,17). The molecule has 0 saturated heterocycles. The van der Waals surface area contributed by atoms with Gasteiger partial charge in [-0.2, -0.15) is 0 Å². The van der Waals surface area contributed by atoms with E-state index in [1.54, 1.807) is 18.3 Å². The Labute approximate surface area is 105 Å². The van der Waals surface area contributed by atoms with Crippen molar-refractivity contribution >= 4 is 17.2 Å². The zero-order valence-electron chi connectivity index (χ0n) is 10.2. The van der Waals surface area contributed by atoms with Gasteiger partial charge < -0.3 is 15.8 Å². The molecule has 94 valence electrons. The second-order valence-electron chi connectivity index (χ2n) is 3.96. The average Bonchev–Trinajstić information content (AvgIpc) is 2.32. The second-order valence-corrected chi connectivity index (χ2v) is 3.96. The molecular weight excluding hydrogens is 233 g/mol. The normalized spacial score (nSPS) is 10.2. The number of hydrogen-bond donors (Lipinski definition) is 2. The van der Waals surface area contributed by atoms with E-state index in [0.29, 0.717) is 22.9 Å². The van der Waals surface area contributed by atoms with E-state index in [-0.39, 0.29) is 5.82 Å². The molecule has 0 bridgehead atoms. The SMILES string of the molecule is COc1cc(F)cc(Nc2ncc(C)cc2N)c1. The van der Waals surface area contributed by atoms with Crippen LogP contribution in [0.3, 0.4) is 0 Å². The minimum absolute atomic E-state index is 0.387. The van der Waals surface area contributed by atoms with Gasteiger partial charge in [0.15, 0.2) is 5.82 Å². The van der Waals surface area contributed by atoms with Gasteiger partial charge in [0.1, 0.15) is 11.6 Å². The summed E-state index contributed by atoms with van der Waals surface area (Å²) in [6.45, 7) is 1.90. The van der Waals surface area contributed by atoms with Crippen molar-refractivity contribution in [3.63, 3.8) is 0 Å². The van der Waals surface area contributed by atoms with Crippen LogP contribution >= 0.6 is 0 Å². The van der Waals surface area contributed by atoms with Crippen LogP contribution in [0.5, 0.6) is 5.75 Å². The first-order valence-electron chi connectivity index (χ1n) is 5.42. The first kappa shape index (κ1) is 12.2. The molecule has 0 fully saturated rings. The molecule has 0 spiro atoms. The molecule has 4 nitrogen and oxygen atoms in total. The topological polar surface area (TPSA) is 60.2 Å². The molecule has 1 aromatic carbocycles. The molecule has 1 heterocycles. The zero-order chi connectivity index (χ0) is 13.1. The predicted octanol–water partition coefficient (Wildman–Crippen LogP) is 2.86. The maximum Gasteiger partial charge on any atom is 0.153 e. The van der Waals surface area contributed by atoms with Crippen LogP contribution in [0, 0.1) is 12.7 Å². The first-order chi connectivity index (χ1) is 8.58. The van der Waals surface area contributed by atoms with Crippen LogP contribution in [0.4, 0.5) is 21.6 Å². The minimum Gasteiger partial charge on any atom is -0.497 e. The fraction of sp³-hybridized carbons (Fsp3) is 0.154. The molecular formula is C13H14FN3O. The molecule has 0 aliphatic rings. The quantitative estimate of drug-likeness (QED) is 0.875. The van der Waals surface area contributed by atoms with Crippen LogP contribution in [0.2, 0.25) is 0 Å². The van der Waals surface area contributed by atoms with Gasteiger partial charge in [-0.25, -0.2) is 9.37 Å². The number of pyridine rings is 1. The monoisotopic (exact) mass is 247 g/mol. The zero-order valence-corrected chi connectivity index (χ0v) is 10.2. The molecule has 0 aliphatic carbocycles. The van der Waals surface area contributed by atoms with E-state index in [1.165, 1.54) is 19.2 Å². The lowest BCUT2D eigenvalue weighted by molar-refractivity contribution is 0.411. The number of halogens is 1. The summed E-state index contributed by atoms with van der Waals surface area (Å²) in [4.78, 5) is 4.16. The van der Waals surface area contributed by atoms with E-state index in [9.17, 15) is 4.39 Å². The summed E-state index contributed by atoms with van der Waals surface area (Å²) in [6, 6.07) is 6.12. The number of nitrogens with one attached hydrogen (secondary N) is 1. The van der Waals surface area contributed by atoms with Crippen molar-refractivity contribution in [2.75, 3.05) is 18.2 Å². The van der Waals surface area contributed by atoms with Gasteiger partial charge in [-0.1, -0.05) is 0 Å². The number of ether oxygens (including phenoxy) is 1. The van der Waals surface area contributed by atoms with Crippen LogP contribution in [-0.2, 0) is 0 Å². The van der Waals surface area contributed by atoms with Crippen LogP contribution in [0.25, 0.3) is 0 Å². The molecule has 0 atom stereocenters. The molecule has 3 N–H and O–H groups in total. The van der Waals surface area contributed by atoms with Crippen molar-refractivity contribution < 1.29 is 9.13 Å². The lowest BCUT2D eigenvalue weighted by atomic mass is 10.2. The van der Waals surface area contributed by atoms with Gasteiger partial charge in [-0.3, -0.25) is 0 Å². The highest BCUT2D eigenvalue weighted by molar-refractivity contribution is 5.69. The first-order valence-corrected chi connectivity index (χ1v) is 5.42. The number of nitrogen functional groups attached to an aromatic ring is 1. The second kappa shape index (κ2) is 4.91. The number of aromatic nitrogens is 1. The van der Waals surface area contributed by atoms with Gasteiger partial charge in [-0.05, 0) is 24.6 Å². The smallest absolute Gasteiger partial charge is 0.153 e. The summed E-state index contributed by atoms with van der Waals surface area (Å²) in [6.07, 6.45) is 1.69.